The zero-order valence-corrected chi connectivity index (χ0v) is 9.17. The van der Waals surface area contributed by atoms with Crippen molar-refractivity contribution in [1.29, 1.82) is 0 Å². The van der Waals surface area contributed by atoms with Crippen LogP contribution in [0.4, 0.5) is 4.39 Å². The maximum absolute atomic E-state index is 12.9. The van der Waals surface area contributed by atoms with Crippen LogP contribution in [-0.4, -0.2) is 4.98 Å². The summed E-state index contributed by atoms with van der Waals surface area (Å²) in [5.41, 5.74) is 0.781. The van der Waals surface area contributed by atoms with Gasteiger partial charge in [-0.05, 0) is 11.7 Å². The minimum atomic E-state index is -0.380. The summed E-state index contributed by atoms with van der Waals surface area (Å²) < 4.78 is 13.5. The van der Waals surface area contributed by atoms with E-state index in [4.69, 9.17) is 0 Å². The van der Waals surface area contributed by atoms with Crippen LogP contribution in [0.5, 0.6) is 0 Å². The second-order valence-electron chi connectivity index (χ2n) is 2.37. The van der Waals surface area contributed by atoms with Gasteiger partial charge in [-0.3, -0.25) is 0 Å². The summed E-state index contributed by atoms with van der Waals surface area (Å²) in [5.74, 6) is -0.380. The Bertz CT molecular complexity index is 433. The molecule has 0 spiro atoms. The number of benzene rings is 1. The molecule has 1 heterocycles. The molecule has 13 heavy (non-hydrogen) atoms. The van der Waals surface area contributed by atoms with E-state index in [1.807, 2.05) is 46.9 Å². The van der Waals surface area contributed by atoms with E-state index in [0.29, 0.717) is 3.57 Å². The third kappa shape index (κ3) is 2.04. The minimum absolute atomic E-state index is 0. The molecule has 0 bridgehead atoms. The van der Waals surface area contributed by atoms with Gasteiger partial charge < -0.3 is 4.98 Å². The molecular formula is C9H4FILiN. The van der Waals surface area contributed by atoms with Gasteiger partial charge in [-0.15, -0.1) is 22.6 Å². The fraction of sp³-hybridized carbons (Fsp3) is 0. The van der Waals surface area contributed by atoms with E-state index < -0.39 is 0 Å². The summed E-state index contributed by atoms with van der Waals surface area (Å²) in [6, 6.07) is 7.43. The molecule has 0 atom stereocenters. The predicted molar refractivity (Wildman–Crippen MR) is 53.3 cm³/mol. The number of halogens is 2. The van der Waals surface area contributed by atoms with Crippen molar-refractivity contribution < 1.29 is 23.3 Å². The van der Waals surface area contributed by atoms with E-state index in [0.717, 1.165) is 10.9 Å². The Morgan fingerprint density at radius 3 is 2.77 bits per heavy atom. The van der Waals surface area contributed by atoms with Gasteiger partial charge in [-0.2, -0.15) is 0 Å². The first-order valence-corrected chi connectivity index (χ1v) is 4.48. The van der Waals surface area contributed by atoms with Crippen molar-refractivity contribution in [3.8, 4) is 0 Å². The first-order valence-electron chi connectivity index (χ1n) is 3.40. The molecule has 0 unspecified atom stereocenters. The Hall–Kier alpha value is -0.113. The average molecular weight is 279 g/mol. The molecule has 1 nitrogen and oxygen atoms in total. The number of rotatable bonds is 0. The van der Waals surface area contributed by atoms with Gasteiger partial charge in [0.15, 0.2) is 0 Å². The topological polar surface area (TPSA) is 12.9 Å². The van der Waals surface area contributed by atoms with E-state index in [1.54, 1.807) is 0 Å². The number of hydrogen-bond acceptors (Lipinski definition) is 1. The zero-order valence-electron chi connectivity index (χ0n) is 7.01. The van der Waals surface area contributed by atoms with Gasteiger partial charge in [0.2, 0.25) is 0 Å². The van der Waals surface area contributed by atoms with Gasteiger partial charge in [0.1, 0.15) is 0 Å². The quantitative estimate of drug-likeness (QED) is 0.369. The monoisotopic (exact) mass is 279 g/mol. The van der Waals surface area contributed by atoms with Gasteiger partial charge in [-0.1, -0.05) is 33.2 Å². The number of pyridine rings is 1. The van der Waals surface area contributed by atoms with Crippen molar-refractivity contribution in [1.82, 2.24) is 4.98 Å². The van der Waals surface area contributed by atoms with Gasteiger partial charge in [0.25, 0.3) is 0 Å². The summed E-state index contributed by atoms with van der Waals surface area (Å²) in [5, 5.41) is 0.842. The van der Waals surface area contributed by atoms with Crippen LogP contribution in [0, 0.1) is 15.6 Å². The number of fused-ring (bicyclic) bond motifs is 1. The van der Waals surface area contributed by atoms with Crippen LogP contribution in [0.3, 0.4) is 0 Å². The molecule has 0 aliphatic heterocycles. The molecule has 0 radical (unpaired) electrons. The molecule has 0 fully saturated rings. The standard InChI is InChI=1S/C9H4FIN.Li/c10-7-5-12-8-4-2-1-3-6(8)9(7)11;/h1-4H;/q-1;+1. The van der Waals surface area contributed by atoms with Crippen molar-refractivity contribution in [2.45, 2.75) is 0 Å². The third-order valence-electron chi connectivity index (χ3n) is 1.61. The predicted octanol–water partition coefficient (Wildman–Crippen LogP) is -0.217. The third-order valence-corrected chi connectivity index (χ3v) is 2.66. The second kappa shape index (κ2) is 4.40. The Morgan fingerprint density at radius 1 is 1.31 bits per heavy atom. The van der Waals surface area contributed by atoms with Crippen molar-refractivity contribution in [3.05, 3.63) is 39.8 Å². The normalized spacial score (nSPS) is 9.69. The van der Waals surface area contributed by atoms with Crippen LogP contribution in [0.15, 0.2) is 24.3 Å². The van der Waals surface area contributed by atoms with Crippen molar-refractivity contribution >= 4 is 33.5 Å². The number of hydrogen-bond donors (Lipinski definition) is 0. The first-order chi connectivity index (χ1) is 5.79. The molecule has 0 aliphatic carbocycles. The maximum Gasteiger partial charge on any atom is 1.00 e. The molecule has 2 aromatic rings. The largest absolute Gasteiger partial charge is 1.00 e. The van der Waals surface area contributed by atoms with Crippen molar-refractivity contribution in [2.75, 3.05) is 0 Å². The molecule has 1 aromatic heterocycles. The van der Waals surface area contributed by atoms with Crippen LogP contribution in [0.25, 0.3) is 10.9 Å². The van der Waals surface area contributed by atoms with Gasteiger partial charge in [0.05, 0.1) is 0 Å². The average Bonchev–Trinajstić information content (AvgIpc) is 2.12. The van der Waals surface area contributed by atoms with Gasteiger partial charge in [-0.25, -0.2) is 4.39 Å². The zero-order chi connectivity index (χ0) is 8.55. The van der Waals surface area contributed by atoms with E-state index in [-0.39, 0.29) is 24.7 Å². The number of aromatic nitrogens is 1. The van der Waals surface area contributed by atoms with Crippen LogP contribution in [-0.2, 0) is 0 Å². The Balaban J connectivity index is 0.000000845. The van der Waals surface area contributed by atoms with Crippen LogP contribution < -0.4 is 18.9 Å². The molecule has 1 aromatic carbocycles. The SMILES string of the molecule is Fc1[c-]nc2ccccc2c1I.[Li+]. The summed E-state index contributed by atoms with van der Waals surface area (Å²) in [6.07, 6.45) is 2.32. The van der Waals surface area contributed by atoms with E-state index in [2.05, 4.69) is 11.2 Å². The second-order valence-corrected chi connectivity index (χ2v) is 3.45. The van der Waals surface area contributed by atoms with E-state index in [1.165, 1.54) is 0 Å². The summed E-state index contributed by atoms with van der Waals surface area (Å²) in [6.45, 7) is 0. The fourth-order valence-electron chi connectivity index (χ4n) is 1.03. The first kappa shape index (κ1) is 11.0. The molecule has 60 valence electrons. The molecule has 0 amide bonds. The molecule has 0 N–H and O–H groups in total. The van der Waals surface area contributed by atoms with Crippen molar-refractivity contribution in [2.24, 2.45) is 0 Å². The Kier molecular flexibility index (Phi) is 3.71. The minimum Gasteiger partial charge on any atom is -0.383 e. The molecule has 0 saturated heterocycles. The van der Waals surface area contributed by atoms with Gasteiger partial charge in [0, 0.05) is 5.82 Å². The smallest absolute Gasteiger partial charge is 0.383 e. The number of para-hydroxylation sites is 1. The van der Waals surface area contributed by atoms with Crippen LogP contribution in [0.1, 0.15) is 0 Å². The fourth-order valence-corrected chi connectivity index (χ4v) is 1.61. The molecular weight excluding hydrogens is 275 g/mol. The maximum atomic E-state index is 12.9. The van der Waals surface area contributed by atoms with E-state index >= 15 is 0 Å². The van der Waals surface area contributed by atoms with Crippen molar-refractivity contribution in [3.63, 3.8) is 0 Å². The summed E-state index contributed by atoms with van der Waals surface area (Å²) >= 11 is 1.96. The number of nitrogens with zero attached hydrogens (tertiary/aromatic N) is 1. The molecule has 4 heteroatoms. The summed E-state index contributed by atoms with van der Waals surface area (Å²) in [4.78, 5) is 3.84. The van der Waals surface area contributed by atoms with Crippen LogP contribution in [0.2, 0.25) is 0 Å². The Morgan fingerprint density at radius 2 is 2.00 bits per heavy atom. The van der Waals surface area contributed by atoms with Crippen LogP contribution >= 0.6 is 22.6 Å². The summed E-state index contributed by atoms with van der Waals surface area (Å²) in [7, 11) is 0. The molecule has 0 saturated carbocycles. The van der Waals surface area contributed by atoms with Gasteiger partial charge >= 0.3 is 18.9 Å². The van der Waals surface area contributed by atoms with E-state index in [9.17, 15) is 4.39 Å². The molecule has 2 rings (SSSR count). The Labute approximate surface area is 101 Å². The molecule has 0 aliphatic rings.